The number of aliphatic hydroxyl groups excluding tert-OH is 1. The van der Waals surface area contributed by atoms with Crippen LogP contribution in [0, 0.1) is 23.7 Å². The quantitative estimate of drug-likeness (QED) is 0.275. The van der Waals surface area contributed by atoms with Crippen molar-refractivity contribution in [3.8, 4) is 0 Å². The van der Waals surface area contributed by atoms with Crippen molar-refractivity contribution in [1.82, 2.24) is 0 Å². The Labute approximate surface area is 319 Å². The number of hydrogen-bond acceptors (Lipinski definition) is 11. The number of esters is 1. The van der Waals surface area contributed by atoms with Crippen molar-refractivity contribution in [1.29, 1.82) is 0 Å². The molecule has 7 aliphatic rings. The molecule has 1 saturated carbocycles. The molecule has 5 heterocycles. The molecule has 0 aromatic heterocycles. The van der Waals surface area contributed by atoms with Crippen LogP contribution in [0.15, 0.2) is 59.3 Å². The number of Topliss-reactive ketones (excluding diaryl/α,β-unsaturated/α-hetero) is 1. The van der Waals surface area contributed by atoms with Crippen LogP contribution < -0.4 is 0 Å². The molecule has 3 saturated heterocycles. The van der Waals surface area contributed by atoms with E-state index in [0.29, 0.717) is 42.7 Å². The Morgan fingerprint density at radius 2 is 1.74 bits per heavy atom. The minimum absolute atomic E-state index is 0.00818. The maximum atomic E-state index is 14.3. The van der Waals surface area contributed by atoms with Crippen molar-refractivity contribution in [3.63, 3.8) is 0 Å². The van der Waals surface area contributed by atoms with Gasteiger partial charge in [0.1, 0.15) is 23.7 Å². The monoisotopic (exact) mass is 752 g/mol. The first-order valence-electron chi connectivity index (χ1n) is 20.2. The molecule has 0 amide bonds. The number of methoxy groups -OCH3 is 1. The van der Waals surface area contributed by atoms with Gasteiger partial charge in [-0.1, -0.05) is 69.6 Å². The second-order valence-electron chi connectivity index (χ2n) is 16.9. The number of carbonyl (C=O) groups is 2. The third-order valence-electron chi connectivity index (χ3n) is 13.0. The fourth-order valence-corrected chi connectivity index (χ4v) is 9.84. The molecule has 298 valence electrons. The molecular formula is C43H60O11. The Morgan fingerprint density at radius 1 is 0.963 bits per heavy atom. The molecule has 54 heavy (non-hydrogen) atoms. The Kier molecular flexibility index (Phi) is 11.9. The van der Waals surface area contributed by atoms with Crippen molar-refractivity contribution in [2.45, 2.75) is 159 Å². The lowest BCUT2D eigenvalue weighted by Gasteiger charge is -2.49. The van der Waals surface area contributed by atoms with Crippen molar-refractivity contribution in [2.24, 2.45) is 23.7 Å². The summed E-state index contributed by atoms with van der Waals surface area (Å²) in [6, 6.07) is 0. The fourth-order valence-electron chi connectivity index (χ4n) is 9.84. The number of aliphatic hydroxyl groups is 2. The average molecular weight is 753 g/mol. The zero-order chi connectivity index (χ0) is 38.4. The van der Waals surface area contributed by atoms with Crippen LogP contribution in [-0.4, -0.2) is 102 Å². The van der Waals surface area contributed by atoms with Crippen LogP contribution in [-0.2, 0) is 42.7 Å². The van der Waals surface area contributed by atoms with E-state index in [2.05, 4.69) is 19.1 Å². The maximum Gasteiger partial charge on any atom is 0.316 e. The summed E-state index contributed by atoms with van der Waals surface area (Å²) in [4.78, 5) is 27.6. The largest absolute Gasteiger partial charge is 0.462 e. The average Bonchev–Trinajstić information content (AvgIpc) is 3.49. The zero-order valence-corrected chi connectivity index (χ0v) is 32.7. The minimum Gasteiger partial charge on any atom is -0.462 e. The molecule has 5 aliphatic heterocycles. The smallest absolute Gasteiger partial charge is 0.316 e. The Hall–Kier alpha value is -2.48. The van der Waals surface area contributed by atoms with Gasteiger partial charge in [0.2, 0.25) is 0 Å². The summed E-state index contributed by atoms with van der Waals surface area (Å²) < 4.78 is 44.6. The SMILES string of the molecule is CO[C@H]1C[C@H](O[C@@H]2/C(C)=C\C[C@@H]3C[C@@H](C[C@]4(C=C[C@H](C)[C@@H](C5CCCCC5)O4)O3)OC(=O)[C@@H]3C=C(C)C(=O)[C@H]4OCC(=C/C=C\[C@@H]2C)[C@]43O)O[C@@H](C)[C@@H]1O. The van der Waals surface area contributed by atoms with E-state index in [1.165, 1.54) is 25.3 Å². The zero-order valence-electron chi connectivity index (χ0n) is 32.7. The van der Waals surface area contributed by atoms with Gasteiger partial charge in [-0.2, -0.15) is 0 Å². The number of carbonyl (C=O) groups excluding carboxylic acids is 2. The van der Waals surface area contributed by atoms with E-state index in [1.54, 1.807) is 20.1 Å². The molecule has 2 bridgehead atoms. The second-order valence-corrected chi connectivity index (χ2v) is 16.9. The number of hydrogen-bond donors (Lipinski definition) is 2. The third-order valence-corrected chi connectivity index (χ3v) is 13.0. The van der Waals surface area contributed by atoms with E-state index in [-0.39, 0.29) is 36.4 Å². The number of allylic oxidation sites excluding steroid dienone is 2. The van der Waals surface area contributed by atoms with E-state index in [1.807, 2.05) is 39.0 Å². The van der Waals surface area contributed by atoms with E-state index in [9.17, 15) is 19.8 Å². The topological polar surface area (TPSA) is 139 Å². The summed E-state index contributed by atoms with van der Waals surface area (Å²) in [5.74, 6) is -2.70. The molecule has 0 radical (unpaired) electrons. The lowest BCUT2D eigenvalue weighted by Crippen LogP contribution is -2.57. The van der Waals surface area contributed by atoms with Gasteiger partial charge in [-0.05, 0) is 68.7 Å². The molecule has 0 aromatic rings. The highest BCUT2D eigenvalue weighted by Crippen LogP contribution is 2.46. The molecule has 7 rings (SSSR count). The Morgan fingerprint density at radius 3 is 2.50 bits per heavy atom. The van der Waals surface area contributed by atoms with E-state index >= 15 is 0 Å². The highest BCUT2D eigenvalue weighted by molar-refractivity contribution is 6.03. The normalized spacial score (nSPS) is 46.6. The summed E-state index contributed by atoms with van der Waals surface area (Å²) in [6.45, 7) is 9.73. The van der Waals surface area contributed by atoms with Crippen LogP contribution in [0.5, 0.6) is 0 Å². The predicted octanol–water partition coefficient (Wildman–Crippen LogP) is 5.58. The molecule has 0 aromatic carbocycles. The summed E-state index contributed by atoms with van der Waals surface area (Å²) in [5.41, 5.74) is -0.150. The van der Waals surface area contributed by atoms with Crippen molar-refractivity contribution < 1.29 is 53.0 Å². The molecule has 0 unspecified atom stereocenters. The first-order valence-corrected chi connectivity index (χ1v) is 20.2. The molecular weight excluding hydrogens is 692 g/mol. The van der Waals surface area contributed by atoms with E-state index in [0.717, 1.165) is 18.4 Å². The van der Waals surface area contributed by atoms with Crippen molar-refractivity contribution in [3.05, 3.63) is 59.3 Å². The number of fused-ring (bicyclic) bond motifs is 2. The third kappa shape index (κ3) is 7.77. The van der Waals surface area contributed by atoms with Gasteiger partial charge < -0.3 is 43.4 Å². The molecule has 1 spiro atoms. The summed E-state index contributed by atoms with van der Waals surface area (Å²) in [5, 5.41) is 23.0. The van der Waals surface area contributed by atoms with Gasteiger partial charge in [-0.15, -0.1) is 0 Å². The summed E-state index contributed by atoms with van der Waals surface area (Å²) >= 11 is 0. The van der Waals surface area contributed by atoms with Crippen LogP contribution in [0.3, 0.4) is 0 Å². The molecule has 2 aliphatic carbocycles. The van der Waals surface area contributed by atoms with Gasteiger partial charge in [0, 0.05) is 38.2 Å². The number of ether oxygens (including phenoxy) is 7. The maximum absolute atomic E-state index is 14.3. The van der Waals surface area contributed by atoms with Gasteiger partial charge in [-0.3, -0.25) is 9.59 Å². The lowest BCUT2D eigenvalue weighted by molar-refractivity contribution is -0.301. The molecule has 14 atom stereocenters. The predicted molar refractivity (Wildman–Crippen MR) is 199 cm³/mol. The molecule has 2 N–H and O–H groups in total. The molecule has 11 heteroatoms. The summed E-state index contributed by atoms with van der Waals surface area (Å²) in [7, 11) is 1.58. The standard InChI is InChI=1S/C43H60O11/c1-24-11-10-14-30-23-49-40-36(44)27(4)19-33(43(30,40)47)41(46)51-32-20-31(16-15-25(2)38(24)52-35-21-34(48-6)37(45)28(5)50-35)53-42(22-32)18-17-26(3)39(54-42)29-12-8-7-9-13-29/h10-11,14-15,17-19,24,26,28-29,31-35,37-40,45,47H,7-9,12-13,16,20-23H2,1-6H3/b11-10-,25-15-,30-14?/t24-,26-,28-,31+,32-,33-,34-,35-,37-,38-,39-,40+,42+,43+/m0/s1. The van der Waals surface area contributed by atoms with Gasteiger partial charge in [0.25, 0.3) is 0 Å². The van der Waals surface area contributed by atoms with E-state index in [4.69, 9.17) is 33.2 Å². The van der Waals surface area contributed by atoms with Crippen molar-refractivity contribution in [2.75, 3.05) is 13.7 Å². The minimum atomic E-state index is -1.91. The summed E-state index contributed by atoms with van der Waals surface area (Å²) in [6.07, 6.45) is 16.0. The molecule has 11 nitrogen and oxygen atoms in total. The number of rotatable bonds is 4. The molecule has 4 fully saturated rings. The Bertz CT molecular complexity index is 1560. The first kappa shape index (κ1) is 39.7. The Balaban J connectivity index is 1.25. The van der Waals surface area contributed by atoms with Crippen LogP contribution in [0.25, 0.3) is 0 Å². The van der Waals surface area contributed by atoms with E-state index < -0.39 is 66.2 Å². The van der Waals surface area contributed by atoms with Gasteiger partial charge in [-0.25, -0.2) is 0 Å². The van der Waals surface area contributed by atoms with Crippen LogP contribution in [0.1, 0.15) is 92.4 Å². The first-order chi connectivity index (χ1) is 25.8. The highest BCUT2D eigenvalue weighted by atomic mass is 16.7. The fraction of sp³-hybridized carbons (Fsp3) is 0.721. The second kappa shape index (κ2) is 16.2. The van der Waals surface area contributed by atoms with Crippen LogP contribution in [0.2, 0.25) is 0 Å². The van der Waals surface area contributed by atoms with Gasteiger partial charge in [0.05, 0.1) is 37.1 Å². The lowest BCUT2D eigenvalue weighted by atomic mass is 9.71. The van der Waals surface area contributed by atoms with Gasteiger partial charge in [0.15, 0.2) is 24.0 Å². The van der Waals surface area contributed by atoms with Crippen LogP contribution in [0.4, 0.5) is 0 Å². The van der Waals surface area contributed by atoms with Crippen LogP contribution >= 0.6 is 0 Å². The van der Waals surface area contributed by atoms with Crippen molar-refractivity contribution >= 4 is 11.8 Å². The number of ketones is 1. The van der Waals surface area contributed by atoms with Gasteiger partial charge >= 0.3 is 5.97 Å². The highest BCUT2D eigenvalue weighted by Gasteiger charge is 2.60.